The Labute approximate surface area is 126 Å². The standard InChI is InChI=1S/C17H24O4/c1-3-4-5-6-14(18)12-15(19)9-7-13-8-10-16(20)17(11-13)21-2/h8,10-11,20H,3-7,9,12H2,1-2H3. The number of aryl methyl sites for hydroxylation is 1. The first-order valence-corrected chi connectivity index (χ1v) is 7.46. The van der Waals surface area contributed by atoms with Crippen molar-refractivity contribution in [1.82, 2.24) is 0 Å². The number of Topliss-reactive ketones (excluding diaryl/α,β-unsaturated/α-hetero) is 2. The van der Waals surface area contributed by atoms with E-state index in [9.17, 15) is 14.7 Å². The fraction of sp³-hybridized carbons (Fsp3) is 0.529. The summed E-state index contributed by atoms with van der Waals surface area (Å²) in [4.78, 5) is 23.4. The number of aromatic hydroxyl groups is 1. The molecule has 0 fully saturated rings. The second-order valence-corrected chi connectivity index (χ2v) is 5.22. The van der Waals surface area contributed by atoms with Crippen LogP contribution >= 0.6 is 0 Å². The zero-order valence-corrected chi connectivity index (χ0v) is 12.9. The Kier molecular flexibility index (Phi) is 7.51. The van der Waals surface area contributed by atoms with Crippen LogP contribution in [-0.4, -0.2) is 23.8 Å². The Morgan fingerprint density at radius 3 is 2.52 bits per heavy atom. The molecule has 0 aliphatic rings. The van der Waals surface area contributed by atoms with Crippen molar-refractivity contribution in [3.05, 3.63) is 23.8 Å². The van der Waals surface area contributed by atoms with E-state index >= 15 is 0 Å². The lowest BCUT2D eigenvalue weighted by Gasteiger charge is -2.06. The molecule has 116 valence electrons. The highest BCUT2D eigenvalue weighted by molar-refractivity contribution is 5.99. The van der Waals surface area contributed by atoms with Crippen LogP contribution in [0.15, 0.2) is 18.2 Å². The van der Waals surface area contributed by atoms with E-state index in [0.29, 0.717) is 25.0 Å². The lowest BCUT2D eigenvalue weighted by atomic mass is 10.0. The Morgan fingerprint density at radius 2 is 1.86 bits per heavy atom. The first-order chi connectivity index (χ1) is 10.1. The van der Waals surface area contributed by atoms with Crippen molar-refractivity contribution < 1.29 is 19.4 Å². The van der Waals surface area contributed by atoms with Gasteiger partial charge >= 0.3 is 0 Å². The van der Waals surface area contributed by atoms with Crippen LogP contribution in [0, 0.1) is 0 Å². The van der Waals surface area contributed by atoms with Gasteiger partial charge in [-0.15, -0.1) is 0 Å². The number of ketones is 2. The van der Waals surface area contributed by atoms with Crippen LogP contribution in [0.4, 0.5) is 0 Å². The van der Waals surface area contributed by atoms with E-state index in [4.69, 9.17) is 4.74 Å². The zero-order chi connectivity index (χ0) is 15.7. The number of carbonyl (C=O) groups excluding carboxylic acids is 2. The smallest absolute Gasteiger partial charge is 0.160 e. The quantitative estimate of drug-likeness (QED) is 0.530. The lowest BCUT2D eigenvalue weighted by molar-refractivity contribution is -0.127. The normalized spacial score (nSPS) is 10.4. The Bertz CT molecular complexity index is 480. The third kappa shape index (κ3) is 6.43. The summed E-state index contributed by atoms with van der Waals surface area (Å²) in [6.45, 7) is 2.08. The summed E-state index contributed by atoms with van der Waals surface area (Å²) in [6.07, 6.45) is 4.42. The summed E-state index contributed by atoms with van der Waals surface area (Å²) >= 11 is 0. The van der Waals surface area contributed by atoms with Crippen molar-refractivity contribution in [3.8, 4) is 11.5 Å². The zero-order valence-electron chi connectivity index (χ0n) is 12.9. The molecule has 0 aromatic heterocycles. The van der Waals surface area contributed by atoms with E-state index in [1.54, 1.807) is 18.2 Å². The van der Waals surface area contributed by atoms with Crippen molar-refractivity contribution >= 4 is 11.6 Å². The molecular weight excluding hydrogens is 268 g/mol. The maximum absolute atomic E-state index is 11.8. The molecule has 0 saturated carbocycles. The van der Waals surface area contributed by atoms with Crippen LogP contribution < -0.4 is 4.74 Å². The summed E-state index contributed by atoms with van der Waals surface area (Å²) in [7, 11) is 1.49. The van der Waals surface area contributed by atoms with Gasteiger partial charge in [0, 0.05) is 12.8 Å². The monoisotopic (exact) mass is 292 g/mol. The SMILES string of the molecule is CCCCCC(=O)CC(=O)CCc1ccc(O)c(OC)c1. The fourth-order valence-corrected chi connectivity index (χ4v) is 2.13. The van der Waals surface area contributed by atoms with Gasteiger partial charge in [0.1, 0.15) is 11.6 Å². The first kappa shape index (κ1) is 17.2. The molecular formula is C17H24O4. The van der Waals surface area contributed by atoms with Gasteiger partial charge in [-0.25, -0.2) is 0 Å². The molecule has 1 N–H and O–H groups in total. The molecule has 0 aliphatic carbocycles. The van der Waals surface area contributed by atoms with Gasteiger partial charge in [0.15, 0.2) is 11.5 Å². The van der Waals surface area contributed by atoms with E-state index in [1.165, 1.54) is 7.11 Å². The van der Waals surface area contributed by atoms with Crippen molar-refractivity contribution in [2.24, 2.45) is 0 Å². The Morgan fingerprint density at radius 1 is 1.14 bits per heavy atom. The van der Waals surface area contributed by atoms with E-state index in [1.807, 2.05) is 0 Å². The highest BCUT2D eigenvalue weighted by Gasteiger charge is 2.10. The highest BCUT2D eigenvalue weighted by Crippen LogP contribution is 2.26. The van der Waals surface area contributed by atoms with Crippen LogP contribution in [0.25, 0.3) is 0 Å². The Hall–Kier alpha value is -1.84. The van der Waals surface area contributed by atoms with E-state index < -0.39 is 0 Å². The largest absolute Gasteiger partial charge is 0.504 e. The average molecular weight is 292 g/mol. The summed E-state index contributed by atoms with van der Waals surface area (Å²) in [5.41, 5.74) is 0.913. The number of unbranched alkanes of at least 4 members (excludes halogenated alkanes) is 2. The molecule has 21 heavy (non-hydrogen) atoms. The number of hydrogen-bond donors (Lipinski definition) is 1. The van der Waals surface area contributed by atoms with E-state index in [0.717, 1.165) is 24.8 Å². The Balaban J connectivity index is 2.37. The number of phenols is 1. The van der Waals surface area contributed by atoms with Crippen molar-refractivity contribution in [2.75, 3.05) is 7.11 Å². The minimum atomic E-state index is -0.0245. The second kappa shape index (κ2) is 9.16. The van der Waals surface area contributed by atoms with Crippen molar-refractivity contribution in [2.45, 2.75) is 51.9 Å². The highest BCUT2D eigenvalue weighted by atomic mass is 16.5. The number of ether oxygens (including phenoxy) is 1. The predicted molar refractivity (Wildman–Crippen MR) is 81.8 cm³/mol. The molecule has 1 aromatic rings. The first-order valence-electron chi connectivity index (χ1n) is 7.46. The third-order valence-electron chi connectivity index (χ3n) is 3.39. The molecule has 4 nitrogen and oxygen atoms in total. The molecule has 0 aliphatic heterocycles. The van der Waals surface area contributed by atoms with Crippen LogP contribution in [-0.2, 0) is 16.0 Å². The van der Waals surface area contributed by atoms with Gasteiger partial charge in [-0.1, -0.05) is 25.8 Å². The fourth-order valence-electron chi connectivity index (χ4n) is 2.13. The van der Waals surface area contributed by atoms with E-state index in [-0.39, 0.29) is 23.7 Å². The minimum Gasteiger partial charge on any atom is -0.504 e. The number of phenolic OH excluding ortho intramolecular Hbond substituents is 1. The molecule has 1 rings (SSSR count). The molecule has 0 amide bonds. The van der Waals surface area contributed by atoms with Gasteiger partial charge in [0.25, 0.3) is 0 Å². The second-order valence-electron chi connectivity index (χ2n) is 5.22. The van der Waals surface area contributed by atoms with Crippen molar-refractivity contribution in [1.29, 1.82) is 0 Å². The summed E-state index contributed by atoms with van der Waals surface area (Å²) < 4.78 is 5.02. The minimum absolute atomic E-state index is 0.0245. The van der Waals surface area contributed by atoms with Crippen LogP contribution in [0.2, 0.25) is 0 Å². The molecule has 1 aromatic carbocycles. The number of methoxy groups -OCH3 is 1. The molecule has 0 spiro atoms. The number of rotatable bonds is 10. The van der Waals surface area contributed by atoms with Crippen LogP contribution in [0.5, 0.6) is 11.5 Å². The topological polar surface area (TPSA) is 63.6 Å². The van der Waals surface area contributed by atoms with Gasteiger partial charge in [-0.2, -0.15) is 0 Å². The molecule has 0 heterocycles. The molecule has 0 bridgehead atoms. The van der Waals surface area contributed by atoms with Gasteiger partial charge in [-0.3, -0.25) is 9.59 Å². The van der Waals surface area contributed by atoms with Gasteiger partial charge in [0.05, 0.1) is 13.5 Å². The molecule has 0 saturated heterocycles. The van der Waals surface area contributed by atoms with Crippen molar-refractivity contribution in [3.63, 3.8) is 0 Å². The maximum Gasteiger partial charge on any atom is 0.160 e. The summed E-state index contributed by atoms with van der Waals surface area (Å²) in [6, 6.07) is 5.02. The summed E-state index contributed by atoms with van der Waals surface area (Å²) in [5, 5.41) is 9.50. The number of benzene rings is 1. The predicted octanol–water partition coefficient (Wildman–Crippen LogP) is 3.44. The third-order valence-corrected chi connectivity index (χ3v) is 3.39. The summed E-state index contributed by atoms with van der Waals surface area (Å²) in [5.74, 6) is 0.495. The van der Waals surface area contributed by atoms with Gasteiger partial charge in [0.2, 0.25) is 0 Å². The maximum atomic E-state index is 11.8. The molecule has 4 heteroatoms. The number of carbonyl (C=O) groups is 2. The van der Waals surface area contributed by atoms with Crippen LogP contribution in [0.1, 0.15) is 51.0 Å². The van der Waals surface area contributed by atoms with Crippen LogP contribution in [0.3, 0.4) is 0 Å². The van der Waals surface area contributed by atoms with Gasteiger partial charge in [-0.05, 0) is 30.5 Å². The molecule has 0 atom stereocenters. The number of hydrogen-bond acceptors (Lipinski definition) is 4. The van der Waals surface area contributed by atoms with E-state index in [2.05, 4.69) is 6.92 Å². The molecule has 0 unspecified atom stereocenters. The van der Waals surface area contributed by atoms with Gasteiger partial charge < -0.3 is 9.84 Å². The molecule has 0 radical (unpaired) electrons. The average Bonchev–Trinajstić information content (AvgIpc) is 2.46. The lowest BCUT2D eigenvalue weighted by Crippen LogP contribution is -2.08.